The first kappa shape index (κ1) is 12.0. The van der Waals surface area contributed by atoms with E-state index >= 15 is 0 Å². The molecule has 2 aliphatic rings. The molecular formula is C13H12FNO4. The van der Waals surface area contributed by atoms with E-state index in [0.29, 0.717) is 18.8 Å². The molecule has 0 aliphatic carbocycles. The summed E-state index contributed by atoms with van der Waals surface area (Å²) in [6.07, 6.45) is 0.675. The van der Waals surface area contributed by atoms with Crippen LogP contribution in [0.1, 0.15) is 17.0 Å². The molecule has 6 heteroatoms. The van der Waals surface area contributed by atoms with E-state index in [9.17, 15) is 14.0 Å². The maximum atomic E-state index is 14.0. The van der Waals surface area contributed by atoms with Crippen molar-refractivity contribution < 1.29 is 23.8 Å². The van der Waals surface area contributed by atoms with Gasteiger partial charge in [0.1, 0.15) is 17.5 Å². The summed E-state index contributed by atoms with van der Waals surface area (Å²) in [5, 5.41) is 11.6. The summed E-state index contributed by atoms with van der Waals surface area (Å²) in [6.45, 7) is 0.648. The molecule has 2 N–H and O–H groups in total. The molecule has 1 fully saturated rings. The number of fused-ring (bicyclic) bond motifs is 1. The van der Waals surface area contributed by atoms with Gasteiger partial charge in [0.25, 0.3) is 0 Å². The molecule has 0 unspecified atom stereocenters. The van der Waals surface area contributed by atoms with Gasteiger partial charge >= 0.3 is 5.97 Å². The van der Waals surface area contributed by atoms with Crippen LogP contribution in [-0.4, -0.2) is 30.1 Å². The van der Waals surface area contributed by atoms with Gasteiger partial charge in [0, 0.05) is 24.9 Å². The van der Waals surface area contributed by atoms with E-state index in [1.807, 2.05) is 0 Å². The van der Waals surface area contributed by atoms with Gasteiger partial charge in [-0.3, -0.25) is 9.59 Å². The second-order valence-electron chi connectivity index (χ2n) is 4.75. The predicted molar refractivity (Wildman–Crippen MR) is 62.5 cm³/mol. The minimum atomic E-state index is -1.23. The summed E-state index contributed by atoms with van der Waals surface area (Å²) in [6, 6.07) is 2.90. The van der Waals surface area contributed by atoms with Crippen LogP contribution in [0.5, 0.6) is 5.75 Å². The Kier molecular flexibility index (Phi) is 2.66. The Hall–Kier alpha value is -2.11. The van der Waals surface area contributed by atoms with Crippen molar-refractivity contribution >= 4 is 11.9 Å². The molecule has 0 radical (unpaired) electrons. The fourth-order valence-electron chi connectivity index (χ4n) is 2.70. The van der Waals surface area contributed by atoms with Gasteiger partial charge in [-0.25, -0.2) is 4.39 Å². The van der Waals surface area contributed by atoms with E-state index in [0.717, 1.165) is 5.56 Å². The van der Waals surface area contributed by atoms with Crippen molar-refractivity contribution in [1.82, 2.24) is 5.32 Å². The average Bonchev–Trinajstić information content (AvgIpc) is 2.93. The molecule has 0 spiro atoms. The second-order valence-corrected chi connectivity index (χ2v) is 4.75. The zero-order chi connectivity index (χ0) is 13.6. The third-order valence-corrected chi connectivity index (χ3v) is 3.66. The summed E-state index contributed by atoms with van der Waals surface area (Å²) in [4.78, 5) is 22.6. The monoisotopic (exact) mass is 265 g/mol. The van der Waals surface area contributed by atoms with Crippen LogP contribution >= 0.6 is 0 Å². The number of rotatable bonds is 2. The first-order valence-corrected chi connectivity index (χ1v) is 6.03. The largest absolute Gasteiger partial charge is 0.493 e. The van der Waals surface area contributed by atoms with Crippen LogP contribution in [-0.2, 0) is 16.0 Å². The Labute approximate surface area is 108 Å². The van der Waals surface area contributed by atoms with Crippen molar-refractivity contribution in [3.05, 3.63) is 29.1 Å². The zero-order valence-electron chi connectivity index (χ0n) is 9.98. The molecule has 1 amide bonds. The molecule has 19 heavy (non-hydrogen) atoms. The molecule has 2 atom stereocenters. The molecule has 2 heterocycles. The van der Waals surface area contributed by atoms with Gasteiger partial charge in [-0.1, -0.05) is 0 Å². The Balaban J connectivity index is 2.02. The van der Waals surface area contributed by atoms with Crippen LogP contribution in [0.15, 0.2) is 12.1 Å². The van der Waals surface area contributed by atoms with Crippen LogP contribution in [0.2, 0.25) is 0 Å². The molecular weight excluding hydrogens is 253 g/mol. The molecule has 1 saturated heterocycles. The van der Waals surface area contributed by atoms with Gasteiger partial charge in [-0.15, -0.1) is 0 Å². The maximum absolute atomic E-state index is 14.0. The SMILES string of the molecule is O=C(O)[C@@H]1C(=O)NC[C@H]1c1cc2c(cc1F)OCC2. The lowest BCUT2D eigenvalue weighted by Crippen LogP contribution is -2.27. The number of carboxylic acid groups (broad SMARTS) is 1. The van der Waals surface area contributed by atoms with Crippen molar-refractivity contribution in [1.29, 1.82) is 0 Å². The number of amides is 1. The highest BCUT2D eigenvalue weighted by Crippen LogP contribution is 2.36. The number of aliphatic carboxylic acids is 1. The number of ether oxygens (including phenoxy) is 1. The molecule has 1 aromatic carbocycles. The number of benzene rings is 1. The molecule has 100 valence electrons. The number of nitrogens with one attached hydrogen (secondary N) is 1. The van der Waals surface area contributed by atoms with Crippen molar-refractivity contribution in [2.45, 2.75) is 12.3 Å². The number of hydrogen-bond acceptors (Lipinski definition) is 3. The summed E-state index contributed by atoms with van der Waals surface area (Å²) < 4.78 is 19.3. The van der Waals surface area contributed by atoms with Gasteiger partial charge in [-0.2, -0.15) is 0 Å². The van der Waals surface area contributed by atoms with Gasteiger partial charge in [0.2, 0.25) is 5.91 Å². The number of hydrogen-bond donors (Lipinski definition) is 2. The number of carbonyl (C=O) groups excluding carboxylic acids is 1. The first-order valence-electron chi connectivity index (χ1n) is 6.03. The Morgan fingerprint density at radius 1 is 1.47 bits per heavy atom. The Morgan fingerprint density at radius 3 is 3.00 bits per heavy atom. The Bertz CT molecular complexity index is 572. The van der Waals surface area contributed by atoms with E-state index in [-0.39, 0.29) is 12.1 Å². The number of carbonyl (C=O) groups is 2. The second kappa shape index (κ2) is 4.22. The van der Waals surface area contributed by atoms with E-state index in [1.165, 1.54) is 6.07 Å². The van der Waals surface area contributed by atoms with E-state index in [4.69, 9.17) is 9.84 Å². The molecule has 5 nitrogen and oxygen atoms in total. The fourth-order valence-corrected chi connectivity index (χ4v) is 2.70. The minimum Gasteiger partial charge on any atom is -0.493 e. The quantitative estimate of drug-likeness (QED) is 0.771. The number of carboxylic acids is 1. The van der Waals surface area contributed by atoms with Gasteiger partial charge < -0.3 is 15.2 Å². The van der Waals surface area contributed by atoms with Crippen LogP contribution in [0.3, 0.4) is 0 Å². The first-order chi connectivity index (χ1) is 9.08. The molecule has 1 aromatic rings. The molecule has 0 saturated carbocycles. The summed E-state index contributed by atoms with van der Waals surface area (Å²) >= 11 is 0. The van der Waals surface area contributed by atoms with Crippen molar-refractivity contribution in [2.24, 2.45) is 5.92 Å². The Morgan fingerprint density at radius 2 is 2.26 bits per heavy atom. The number of halogens is 1. The predicted octanol–water partition coefficient (Wildman–Crippen LogP) is 0.675. The molecule has 0 bridgehead atoms. The third-order valence-electron chi connectivity index (χ3n) is 3.66. The topological polar surface area (TPSA) is 75.6 Å². The minimum absolute atomic E-state index is 0.145. The lowest BCUT2D eigenvalue weighted by molar-refractivity contribution is -0.145. The normalized spacial score (nSPS) is 24.8. The smallest absolute Gasteiger partial charge is 0.316 e. The molecule has 2 aliphatic heterocycles. The van der Waals surface area contributed by atoms with Crippen LogP contribution in [0, 0.1) is 11.7 Å². The lowest BCUT2D eigenvalue weighted by Gasteiger charge is -2.15. The lowest BCUT2D eigenvalue weighted by atomic mass is 9.87. The molecule has 0 aromatic heterocycles. The van der Waals surface area contributed by atoms with Gasteiger partial charge in [0.05, 0.1) is 6.61 Å². The van der Waals surface area contributed by atoms with Crippen LogP contribution in [0.25, 0.3) is 0 Å². The molecule has 3 rings (SSSR count). The zero-order valence-corrected chi connectivity index (χ0v) is 9.98. The van der Waals surface area contributed by atoms with E-state index < -0.39 is 29.5 Å². The highest BCUT2D eigenvalue weighted by Gasteiger charge is 2.42. The van der Waals surface area contributed by atoms with Crippen molar-refractivity contribution in [3.63, 3.8) is 0 Å². The van der Waals surface area contributed by atoms with E-state index in [2.05, 4.69) is 5.32 Å². The van der Waals surface area contributed by atoms with Crippen molar-refractivity contribution in [3.8, 4) is 5.75 Å². The van der Waals surface area contributed by atoms with E-state index in [1.54, 1.807) is 6.07 Å². The fraction of sp³-hybridized carbons (Fsp3) is 0.385. The van der Waals surface area contributed by atoms with Gasteiger partial charge in [-0.05, 0) is 17.2 Å². The summed E-state index contributed by atoms with van der Waals surface area (Å²) in [5.41, 5.74) is 1.13. The van der Waals surface area contributed by atoms with Gasteiger partial charge in [0.15, 0.2) is 0 Å². The standard InChI is InChI=1S/C13H12FNO4/c14-9-4-10-6(1-2-19-10)3-7(9)8-5-15-12(16)11(8)13(17)18/h3-4,8,11H,1-2,5H2,(H,15,16)(H,17,18)/t8-,11-/m0/s1. The summed E-state index contributed by atoms with van der Waals surface area (Å²) in [7, 11) is 0. The van der Waals surface area contributed by atoms with Crippen LogP contribution in [0.4, 0.5) is 4.39 Å². The highest BCUT2D eigenvalue weighted by atomic mass is 19.1. The van der Waals surface area contributed by atoms with Crippen LogP contribution < -0.4 is 10.1 Å². The van der Waals surface area contributed by atoms with Crippen molar-refractivity contribution in [2.75, 3.05) is 13.2 Å². The third kappa shape index (κ3) is 1.83. The highest BCUT2D eigenvalue weighted by molar-refractivity contribution is 5.99. The maximum Gasteiger partial charge on any atom is 0.316 e. The summed E-state index contributed by atoms with van der Waals surface area (Å²) in [5.74, 6) is -3.70. The average molecular weight is 265 g/mol.